The van der Waals surface area contributed by atoms with Gasteiger partial charge in [0.1, 0.15) is 28.9 Å². The van der Waals surface area contributed by atoms with Crippen molar-refractivity contribution in [3.05, 3.63) is 63.7 Å². The predicted octanol–water partition coefficient (Wildman–Crippen LogP) is 3.83. The molecular formula is C24H22F6N4O3. The molecule has 7 nitrogen and oxygen atoms in total. The maximum Gasteiger partial charge on any atom is 0.408 e. The summed E-state index contributed by atoms with van der Waals surface area (Å²) in [6.45, 7) is 3.35. The van der Waals surface area contributed by atoms with Crippen molar-refractivity contribution in [1.82, 2.24) is 14.9 Å². The molecule has 1 amide bonds. The molecule has 1 aliphatic rings. The van der Waals surface area contributed by atoms with E-state index in [1.165, 1.54) is 19.1 Å². The van der Waals surface area contributed by atoms with E-state index in [-0.39, 0.29) is 23.4 Å². The van der Waals surface area contributed by atoms with Crippen LogP contribution in [0.25, 0.3) is 16.7 Å². The molecule has 37 heavy (non-hydrogen) atoms. The van der Waals surface area contributed by atoms with E-state index in [0.29, 0.717) is 35.9 Å². The highest BCUT2D eigenvalue weighted by atomic mass is 19.4. The zero-order valence-electron chi connectivity index (χ0n) is 19.7. The molecule has 2 N–H and O–H groups in total. The molecule has 2 aromatic heterocycles. The van der Waals surface area contributed by atoms with E-state index in [1.54, 1.807) is 17.1 Å². The molecule has 3 aromatic rings. The largest absolute Gasteiger partial charge is 0.408 e. The van der Waals surface area contributed by atoms with Crippen LogP contribution in [0.2, 0.25) is 0 Å². The number of hydrogen-bond donors (Lipinski definition) is 2. The van der Waals surface area contributed by atoms with Gasteiger partial charge < -0.3 is 15.3 Å². The van der Waals surface area contributed by atoms with Gasteiger partial charge in [-0.15, -0.1) is 0 Å². The average molecular weight is 528 g/mol. The number of rotatable bonds is 5. The number of aromatic nitrogens is 2. The second-order valence-electron chi connectivity index (χ2n) is 9.14. The van der Waals surface area contributed by atoms with Crippen LogP contribution in [0.4, 0.5) is 32.2 Å². The number of carbonyl (C=O) groups excluding carboxylic acids is 1. The zero-order valence-corrected chi connectivity index (χ0v) is 19.7. The Labute approximate surface area is 206 Å². The number of β-amino-alcohol motifs (C(OH)–C–C–N with tert-alkyl or cyclic N) is 1. The second-order valence-corrected chi connectivity index (χ2v) is 9.14. The first kappa shape index (κ1) is 26.5. The number of benzene rings is 1. The predicted molar refractivity (Wildman–Crippen MR) is 122 cm³/mol. The number of nitrogens with zero attached hydrogens (tertiary/aromatic N) is 3. The van der Waals surface area contributed by atoms with Crippen LogP contribution in [0.3, 0.4) is 0 Å². The quantitative estimate of drug-likeness (QED) is 0.492. The monoisotopic (exact) mass is 528 g/mol. The molecule has 198 valence electrons. The first-order valence-electron chi connectivity index (χ1n) is 11.3. The molecule has 1 aromatic carbocycles. The molecule has 0 radical (unpaired) electrons. The fraction of sp³-hybridized carbons (Fsp3) is 0.375. The maximum absolute atomic E-state index is 14.8. The van der Waals surface area contributed by atoms with Crippen LogP contribution >= 0.6 is 0 Å². The number of pyridine rings is 2. The van der Waals surface area contributed by atoms with Gasteiger partial charge in [-0.3, -0.25) is 14.2 Å². The third kappa shape index (κ3) is 5.13. The van der Waals surface area contributed by atoms with Crippen molar-refractivity contribution in [2.45, 2.75) is 44.5 Å². The third-order valence-corrected chi connectivity index (χ3v) is 6.19. The van der Waals surface area contributed by atoms with Crippen LogP contribution in [-0.4, -0.2) is 51.5 Å². The van der Waals surface area contributed by atoms with Gasteiger partial charge in [-0.1, -0.05) is 6.92 Å². The number of alkyl halides is 3. The van der Waals surface area contributed by atoms with Crippen molar-refractivity contribution >= 4 is 22.8 Å². The minimum Gasteiger partial charge on any atom is -0.388 e. The lowest BCUT2D eigenvalue weighted by Gasteiger charge is -2.22. The number of aliphatic hydroxyl groups is 1. The SMILES string of the molecule is CC[C@@H](NC(=O)c1cn(-c2c(F)cc(F)cc2F)c2nc(N3CCC(C)(O)C3)ccc2c1=O)C(F)(F)F. The van der Waals surface area contributed by atoms with Gasteiger partial charge in [-0.25, -0.2) is 18.2 Å². The van der Waals surface area contributed by atoms with E-state index in [0.717, 1.165) is 0 Å². The number of amides is 1. The standard InChI is InChI=1S/C24H22F6N4O3/c1-3-17(24(28,29)30)31-22(36)14-10-34(19-15(26)8-12(25)9-16(19)27)21-13(20(14)35)4-5-18(32-21)33-7-6-23(2,37)11-33/h4-5,8-10,17,37H,3,6-7,11H2,1-2H3,(H,31,36)/t17-,23?/m1/s1. The maximum atomic E-state index is 14.8. The lowest BCUT2D eigenvalue weighted by molar-refractivity contribution is -0.153. The molecule has 1 unspecified atom stereocenters. The number of fused-ring (bicyclic) bond motifs is 1. The molecule has 0 aliphatic carbocycles. The van der Waals surface area contributed by atoms with E-state index < -0.39 is 64.3 Å². The Morgan fingerprint density at radius 3 is 2.41 bits per heavy atom. The van der Waals surface area contributed by atoms with Crippen LogP contribution in [0.1, 0.15) is 37.0 Å². The highest BCUT2D eigenvalue weighted by molar-refractivity contribution is 5.97. The lowest BCUT2D eigenvalue weighted by atomic mass is 10.1. The van der Waals surface area contributed by atoms with E-state index in [1.807, 2.05) is 0 Å². The molecule has 2 atom stereocenters. The van der Waals surface area contributed by atoms with Gasteiger partial charge in [0.05, 0.1) is 11.0 Å². The van der Waals surface area contributed by atoms with E-state index in [9.17, 15) is 41.0 Å². The van der Waals surface area contributed by atoms with Gasteiger partial charge in [0.25, 0.3) is 5.91 Å². The van der Waals surface area contributed by atoms with E-state index in [2.05, 4.69) is 4.98 Å². The summed E-state index contributed by atoms with van der Waals surface area (Å²) < 4.78 is 83.5. The van der Waals surface area contributed by atoms with Gasteiger partial charge >= 0.3 is 6.18 Å². The van der Waals surface area contributed by atoms with Gasteiger partial charge in [-0.05, 0) is 31.9 Å². The Kier molecular flexibility index (Phi) is 6.69. The van der Waals surface area contributed by atoms with Gasteiger partial charge in [0.2, 0.25) is 5.43 Å². The minimum absolute atomic E-state index is 0.172. The summed E-state index contributed by atoms with van der Waals surface area (Å²) in [5.41, 5.74) is -4.07. The highest BCUT2D eigenvalue weighted by Crippen LogP contribution is 2.29. The fourth-order valence-electron chi connectivity index (χ4n) is 4.26. The summed E-state index contributed by atoms with van der Waals surface area (Å²) in [6, 6.07) is 1.09. The molecule has 1 aliphatic heterocycles. The Bertz CT molecular complexity index is 1410. The molecule has 3 heterocycles. The summed E-state index contributed by atoms with van der Waals surface area (Å²) in [6.07, 6.45) is -4.25. The van der Waals surface area contributed by atoms with Crippen LogP contribution in [0.5, 0.6) is 0 Å². The van der Waals surface area contributed by atoms with Crippen LogP contribution in [0, 0.1) is 17.5 Å². The van der Waals surface area contributed by atoms with Crippen LogP contribution in [0.15, 0.2) is 35.3 Å². The van der Waals surface area contributed by atoms with E-state index >= 15 is 0 Å². The number of hydrogen-bond acceptors (Lipinski definition) is 5. The summed E-state index contributed by atoms with van der Waals surface area (Å²) in [5, 5.41) is 11.7. The number of anilines is 1. The van der Waals surface area contributed by atoms with Gasteiger partial charge in [0.15, 0.2) is 17.3 Å². The number of halogens is 6. The molecule has 1 fully saturated rings. The van der Waals surface area contributed by atoms with Crippen molar-refractivity contribution in [3.8, 4) is 5.69 Å². The Morgan fingerprint density at radius 1 is 1.22 bits per heavy atom. The lowest BCUT2D eigenvalue weighted by Crippen LogP contribution is -2.46. The zero-order chi connectivity index (χ0) is 27.3. The fourth-order valence-corrected chi connectivity index (χ4v) is 4.26. The normalized spacial score (nSPS) is 18.9. The minimum atomic E-state index is -4.80. The Morgan fingerprint density at radius 2 is 1.86 bits per heavy atom. The smallest absolute Gasteiger partial charge is 0.388 e. The highest BCUT2D eigenvalue weighted by Gasteiger charge is 2.40. The van der Waals surface area contributed by atoms with Crippen molar-refractivity contribution < 1.29 is 36.2 Å². The van der Waals surface area contributed by atoms with Crippen molar-refractivity contribution in [1.29, 1.82) is 0 Å². The number of carbonyl (C=O) groups is 1. The van der Waals surface area contributed by atoms with Crippen molar-refractivity contribution in [2.24, 2.45) is 0 Å². The average Bonchev–Trinajstić information content (AvgIpc) is 3.16. The van der Waals surface area contributed by atoms with Crippen molar-refractivity contribution in [3.63, 3.8) is 0 Å². The molecule has 0 bridgehead atoms. The topological polar surface area (TPSA) is 87.5 Å². The molecular weight excluding hydrogens is 506 g/mol. The second kappa shape index (κ2) is 9.36. The van der Waals surface area contributed by atoms with Crippen LogP contribution in [-0.2, 0) is 0 Å². The Hall–Kier alpha value is -3.61. The van der Waals surface area contributed by atoms with Gasteiger partial charge in [-0.2, -0.15) is 13.2 Å². The van der Waals surface area contributed by atoms with Crippen molar-refractivity contribution in [2.75, 3.05) is 18.0 Å². The molecule has 1 saturated heterocycles. The summed E-state index contributed by atoms with van der Waals surface area (Å²) in [4.78, 5) is 31.9. The summed E-state index contributed by atoms with van der Waals surface area (Å²) in [7, 11) is 0. The molecule has 0 saturated carbocycles. The first-order chi connectivity index (χ1) is 17.2. The first-order valence-corrected chi connectivity index (χ1v) is 11.3. The third-order valence-electron chi connectivity index (χ3n) is 6.19. The van der Waals surface area contributed by atoms with Crippen LogP contribution < -0.4 is 15.6 Å². The molecule has 4 rings (SSSR count). The number of nitrogens with one attached hydrogen (secondary N) is 1. The molecule has 13 heteroatoms. The summed E-state index contributed by atoms with van der Waals surface area (Å²) in [5.74, 6) is -5.20. The van der Waals surface area contributed by atoms with E-state index in [4.69, 9.17) is 0 Å². The summed E-state index contributed by atoms with van der Waals surface area (Å²) >= 11 is 0. The molecule has 0 spiro atoms. The van der Waals surface area contributed by atoms with Gasteiger partial charge in [0, 0.05) is 31.4 Å². The Balaban J connectivity index is 1.94.